The number of anilines is 1. The fourth-order valence-electron chi connectivity index (χ4n) is 1.80. The summed E-state index contributed by atoms with van der Waals surface area (Å²) in [6.45, 7) is 1.94. The first-order valence-corrected chi connectivity index (χ1v) is 6.32. The number of carbonyl (C=O) groups excluding carboxylic acids is 1. The highest BCUT2D eigenvalue weighted by molar-refractivity contribution is 7.99. The largest absolute Gasteiger partial charge is 0.369 e. The normalized spacial score (nSPS) is 15.6. The van der Waals surface area contributed by atoms with Crippen molar-refractivity contribution in [3.63, 3.8) is 0 Å². The molecule has 3 nitrogen and oxygen atoms in total. The number of nitriles is 1. The zero-order chi connectivity index (χ0) is 11.4. The second-order valence-corrected chi connectivity index (χ2v) is 4.83. The molecule has 0 spiro atoms. The quantitative estimate of drug-likeness (QED) is 0.731. The first-order valence-electron chi connectivity index (χ1n) is 5.17. The van der Waals surface area contributed by atoms with Crippen LogP contribution in [0.3, 0.4) is 0 Å². The van der Waals surface area contributed by atoms with Gasteiger partial charge < -0.3 is 4.90 Å². The van der Waals surface area contributed by atoms with Crippen LogP contribution in [0.1, 0.15) is 15.9 Å². The summed E-state index contributed by atoms with van der Waals surface area (Å²) >= 11 is 1.93. The topological polar surface area (TPSA) is 44.1 Å². The van der Waals surface area contributed by atoms with E-state index in [2.05, 4.69) is 11.0 Å². The molecule has 1 aromatic rings. The lowest BCUT2D eigenvalue weighted by molar-refractivity contribution is 0.112. The number of thioether (sulfide) groups is 1. The molecule has 0 radical (unpaired) electrons. The Labute approximate surface area is 99.1 Å². The maximum absolute atomic E-state index is 10.6. The Bertz CT molecular complexity index is 433. The van der Waals surface area contributed by atoms with E-state index in [0.29, 0.717) is 11.1 Å². The molecule has 0 unspecified atom stereocenters. The van der Waals surface area contributed by atoms with Crippen LogP contribution in [-0.2, 0) is 0 Å². The molecule has 0 saturated carbocycles. The van der Waals surface area contributed by atoms with Crippen LogP contribution in [0.15, 0.2) is 18.2 Å². The predicted molar refractivity (Wildman–Crippen MR) is 66.1 cm³/mol. The van der Waals surface area contributed by atoms with E-state index >= 15 is 0 Å². The van der Waals surface area contributed by atoms with Crippen LogP contribution < -0.4 is 4.90 Å². The highest BCUT2D eigenvalue weighted by Crippen LogP contribution is 2.24. The average Bonchev–Trinajstić information content (AvgIpc) is 2.39. The van der Waals surface area contributed by atoms with Crippen molar-refractivity contribution in [2.24, 2.45) is 0 Å². The van der Waals surface area contributed by atoms with Crippen molar-refractivity contribution in [2.45, 2.75) is 0 Å². The Balaban J connectivity index is 2.32. The van der Waals surface area contributed by atoms with Crippen LogP contribution in [0.5, 0.6) is 0 Å². The number of carbonyl (C=O) groups is 1. The van der Waals surface area contributed by atoms with Crippen LogP contribution in [-0.4, -0.2) is 30.9 Å². The molecule has 4 heteroatoms. The van der Waals surface area contributed by atoms with Crippen LogP contribution >= 0.6 is 11.8 Å². The van der Waals surface area contributed by atoms with Gasteiger partial charge in [-0.15, -0.1) is 0 Å². The summed E-state index contributed by atoms with van der Waals surface area (Å²) in [7, 11) is 0. The van der Waals surface area contributed by atoms with Gasteiger partial charge in [-0.3, -0.25) is 4.79 Å². The van der Waals surface area contributed by atoms with Crippen molar-refractivity contribution in [3.05, 3.63) is 29.3 Å². The SMILES string of the molecule is N#Cc1cc(C=O)ccc1N1CCSCC1. The summed E-state index contributed by atoms with van der Waals surface area (Å²) in [5.41, 5.74) is 2.11. The minimum absolute atomic E-state index is 0.562. The van der Waals surface area contributed by atoms with E-state index in [1.54, 1.807) is 12.1 Å². The van der Waals surface area contributed by atoms with Gasteiger partial charge in [0.05, 0.1) is 11.3 Å². The monoisotopic (exact) mass is 232 g/mol. The summed E-state index contributed by atoms with van der Waals surface area (Å²) in [5, 5.41) is 9.07. The molecular weight excluding hydrogens is 220 g/mol. The molecular formula is C12H12N2OS. The molecule has 1 saturated heterocycles. The number of aldehydes is 1. The summed E-state index contributed by atoms with van der Waals surface area (Å²) < 4.78 is 0. The lowest BCUT2D eigenvalue weighted by Gasteiger charge is -2.29. The van der Waals surface area contributed by atoms with Gasteiger partial charge in [0.25, 0.3) is 0 Å². The molecule has 2 rings (SSSR count). The number of rotatable bonds is 2. The fourth-order valence-corrected chi connectivity index (χ4v) is 2.70. The van der Waals surface area contributed by atoms with Gasteiger partial charge in [0.15, 0.2) is 0 Å². The van der Waals surface area contributed by atoms with E-state index in [9.17, 15) is 4.79 Å². The second-order valence-electron chi connectivity index (χ2n) is 3.61. The Kier molecular flexibility index (Phi) is 3.47. The van der Waals surface area contributed by atoms with Gasteiger partial charge in [-0.1, -0.05) is 0 Å². The second kappa shape index (κ2) is 5.04. The van der Waals surface area contributed by atoms with Crippen LogP contribution in [0.2, 0.25) is 0 Å². The molecule has 1 aromatic carbocycles. The minimum Gasteiger partial charge on any atom is -0.369 e. The van der Waals surface area contributed by atoms with Gasteiger partial charge in [-0.2, -0.15) is 17.0 Å². The first kappa shape index (κ1) is 11.0. The first-order chi connectivity index (χ1) is 7.85. The van der Waals surface area contributed by atoms with Crippen molar-refractivity contribution in [2.75, 3.05) is 29.5 Å². The van der Waals surface area contributed by atoms with E-state index in [-0.39, 0.29) is 0 Å². The maximum Gasteiger partial charge on any atom is 0.150 e. The van der Waals surface area contributed by atoms with Gasteiger partial charge in [0, 0.05) is 30.2 Å². The number of hydrogen-bond acceptors (Lipinski definition) is 4. The smallest absolute Gasteiger partial charge is 0.150 e. The molecule has 0 aromatic heterocycles. The predicted octanol–water partition coefficient (Wildman–Crippen LogP) is 1.92. The Morgan fingerprint density at radius 1 is 1.38 bits per heavy atom. The van der Waals surface area contributed by atoms with E-state index in [0.717, 1.165) is 36.6 Å². The molecule has 1 aliphatic rings. The Hall–Kier alpha value is -1.47. The summed E-state index contributed by atoms with van der Waals surface area (Å²) in [4.78, 5) is 12.8. The number of benzene rings is 1. The highest BCUT2D eigenvalue weighted by atomic mass is 32.2. The molecule has 1 aliphatic heterocycles. The molecule has 82 valence electrons. The number of nitrogens with zero attached hydrogens (tertiary/aromatic N) is 2. The molecule has 0 bridgehead atoms. The molecule has 1 fully saturated rings. The van der Waals surface area contributed by atoms with E-state index in [4.69, 9.17) is 5.26 Å². The molecule has 16 heavy (non-hydrogen) atoms. The Morgan fingerprint density at radius 3 is 2.75 bits per heavy atom. The summed E-state index contributed by atoms with van der Waals surface area (Å²) in [6, 6.07) is 7.46. The van der Waals surface area contributed by atoms with Gasteiger partial charge in [0.1, 0.15) is 12.4 Å². The van der Waals surface area contributed by atoms with Gasteiger partial charge in [-0.25, -0.2) is 0 Å². The Morgan fingerprint density at radius 2 is 2.12 bits per heavy atom. The molecule has 0 amide bonds. The average molecular weight is 232 g/mol. The standard InChI is InChI=1S/C12H12N2OS/c13-8-11-7-10(9-15)1-2-12(11)14-3-5-16-6-4-14/h1-2,7,9H,3-6H2. The van der Waals surface area contributed by atoms with E-state index in [1.165, 1.54) is 0 Å². The van der Waals surface area contributed by atoms with Gasteiger partial charge >= 0.3 is 0 Å². The van der Waals surface area contributed by atoms with Crippen LogP contribution in [0.4, 0.5) is 5.69 Å². The fraction of sp³-hybridized carbons (Fsp3) is 0.333. The van der Waals surface area contributed by atoms with Crippen LogP contribution in [0, 0.1) is 11.3 Å². The van der Waals surface area contributed by atoms with Crippen molar-refractivity contribution >= 4 is 23.7 Å². The van der Waals surface area contributed by atoms with Crippen molar-refractivity contribution in [1.29, 1.82) is 5.26 Å². The van der Waals surface area contributed by atoms with Crippen molar-refractivity contribution in [1.82, 2.24) is 0 Å². The lowest BCUT2D eigenvalue weighted by Crippen LogP contribution is -2.32. The highest BCUT2D eigenvalue weighted by Gasteiger charge is 2.14. The van der Waals surface area contributed by atoms with Gasteiger partial charge in [0.2, 0.25) is 0 Å². The zero-order valence-electron chi connectivity index (χ0n) is 8.85. The lowest BCUT2D eigenvalue weighted by atomic mass is 10.1. The summed E-state index contributed by atoms with van der Waals surface area (Å²) in [5.74, 6) is 2.20. The van der Waals surface area contributed by atoms with Crippen molar-refractivity contribution in [3.8, 4) is 6.07 Å². The minimum atomic E-state index is 0.562. The van der Waals surface area contributed by atoms with Crippen LogP contribution in [0.25, 0.3) is 0 Å². The molecule has 1 heterocycles. The summed E-state index contributed by atoms with van der Waals surface area (Å²) in [6.07, 6.45) is 0.774. The molecule has 0 N–H and O–H groups in total. The van der Waals surface area contributed by atoms with Gasteiger partial charge in [-0.05, 0) is 18.2 Å². The number of hydrogen-bond donors (Lipinski definition) is 0. The van der Waals surface area contributed by atoms with Crippen molar-refractivity contribution < 1.29 is 4.79 Å². The maximum atomic E-state index is 10.6. The molecule has 0 atom stereocenters. The third-order valence-electron chi connectivity index (χ3n) is 2.63. The third-order valence-corrected chi connectivity index (χ3v) is 3.57. The third kappa shape index (κ3) is 2.20. The van der Waals surface area contributed by atoms with E-state index in [1.807, 2.05) is 17.8 Å². The van der Waals surface area contributed by atoms with E-state index < -0.39 is 0 Å². The zero-order valence-corrected chi connectivity index (χ0v) is 9.67. The molecule has 0 aliphatic carbocycles.